The van der Waals surface area contributed by atoms with Crippen molar-refractivity contribution in [1.29, 1.82) is 0 Å². The number of carbonyl (C=O) groups is 2. The van der Waals surface area contributed by atoms with Gasteiger partial charge in [0.25, 0.3) is 10.0 Å². The van der Waals surface area contributed by atoms with Gasteiger partial charge in [0.05, 0.1) is 0 Å². The monoisotopic (exact) mass is 409 g/mol. The molecule has 27 heavy (non-hydrogen) atoms. The fraction of sp³-hybridized carbons (Fsp3) is 0.333. The van der Waals surface area contributed by atoms with Gasteiger partial charge in [-0.25, -0.2) is 13.1 Å². The average Bonchev–Trinajstić information content (AvgIpc) is 3.17. The van der Waals surface area contributed by atoms with Crippen molar-refractivity contribution in [3.05, 3.63) is 47.3 Å². The molecule has 2 rings (SSSR count). The number of amides is 2. The molecule has 2 amide bonds. The van der Waals surface area contributed by atoms with Gasteiger partial charge in [0.15, 0.2) is 0 Å². The summed E-state index contributed by atoms with van der Waals surface area (Å²) in [5.41, 5.74) is 6.96. The van der Waals surface area contributed by atoms with Gasteiger partial charge in [-0.3, -0.25) is 9.59 Å². The fourth-order valence-electron chi connectivity index (χ4n) is 2.61. The number of rotatable bonds is 8. The Morgan fingerprint density at radius 3 is 2.30 bits per heavy atom. The van der Waals surface area contributed by atoms with E-state index in [0.717, 1.165) is 16.9 Å². The molecular weight excluding hydrogens is 386 g/mol. The summed E-state index contributed by atoms with van der Waals surface area (Å²) in [4.78, 5) is 27.1. The summed E-state index contributed by atoms with van der Waals surface area (Å²) < 4.78 is 26.8. The summed E-state index contributed by atoms with van der Waals surface area (Å²) in [6.45, 7) is 4.47. The van der Waals surface area contributed by atoms with E-state index in [0.29, 0.717) is 18.8 Å². The number of nitrogens with zero attached hydrogens (tertiary/aromatic N) is 1. The van der Waals surface area contributed by atoms with Crippen molar-refractivity contribution in [2.75, 3.05) is 18.8 Å². The van der Waals surface area contributed by atoms with Gasteiger partial charge in [-0.2, -0.15) is 0 Å². The third-order valence-electron chi connectivity index (χ3n) is 4.10. The highest BCUT2D eigenvalue weighted by Gasteiger charge is 2.33. The van der Waals surface area contributed by atoms with E-state index in [2.05, 4.69) is 0 Å². The van der Waals surface area contributed by atoms with E-state index >= 15 is 0 Å². The molecule has 9 heteroatoms. The van der Waals surface area contributed by atoms with E-state index in [9.17, 15) is 18.0 Å². The zero-order chi connectivity index (χ0) is 20.0. The van der Waals surface area contributed by atoms with E-state index in [-0.39, 0.29) is 10.6 Å². The van der Waals surface area contributed by atoms with Crippen molar-refractivity contribution in [3.63, 3.8) is 0 Å². The molecule has 1 aromatic heterocycles. The van der Waals surface area contributed by atoms with Crippen LogP contribution in [0, 0.1) is 5.92 Å². The number of nitrogen functional groups attached to an aromatic ring is 1. The summed E-state index contributed by atoms with van der Waals surface area (Å²) in [5.74, 6) is -2.39. The molecule has 0 saturated heterocycles. The second kappa shape index (κ2) is 9.01. The average molecular weight is 410 g/mol. The number of nitrogens with two attached hydrogens (primary N) is 1. The largest absolute Gasteiger partial charge is 0.399 e. The molecule has 3 N–H and O–H groups in total. The van der Waals surface area contributed by atoms with Crippen molar-refractivity contribution in [2.45, 2.75) is 24.5 Å². The number of thiophene rings is 1. The van der Waals surface area contributed by atoms with Crippen LogP contribution < -0.4 is 10.5 Å². The Labute approximate surface area is 163 Å². The highest BCUT2D eigenvalue weighted by Crippen LogP contribution is 2.18. The predicted molar refractivity (Wildman–Crippen MR) is 106 cm³/mol. The Hall–Kier alpha value is -2.39. The van der Waals surface area contributed by atoms with Gasteiger partial charge in [-0.05, 0) is 49.4 Å². The zero-order valence-corrected chi connectivity index (χ0v) is 16.8. The minimum Gasteiger partial charge on any atom is -0.399 e. The number of benzene rings is 1. The maximum atomic E-state index is 12.8. The quantitative estimate of drug-likeness (QED) is 0.511. The summed E-state index contributed by atoms with van der Waals surface area (Å²) >= 11 is 1.00. The molecule has 1 aromatic carbocycles. The Kier molecular flexibility index (Phi) is 6.98. The van der Waals surface area contributed by atoms with Crippen LogP contribution in [0.1, 0.15) is 19.4 Å². The molecule has 0 bridgehead atoms. The van der Waals surface area contributed by atoms with E-state index in [1.165, 1.54) is 11.0 Å². The molecule has 1 heterocycles. The summed E-state index contributed by atoms with van der Waals surface area (Å²) in [5, 5.41) is 1.60. The van der Waals surface area contributed by atoms with Crippen LogP contribution in [-0.4, -0.2) is 38.2 Å². The van der Waals surface area contributed by atoms with Crippen LogP contribution in [0.3, 0.4) is 0 Å². The van der Waals surface area contributed by atoms with Crippen molar-refractivity contribution in [3.8, 4) is 0 Å². The Bertz CT molecular complexity index is 874. The van der Waals surface area contributed by atoms with Crippen molar-refractivity contribution in [2.24, 2.45) is 5.92 Å². The first kappa shape index (κ1) is 20.9. The first-order chi connectivity index (χ1) is 12.8. The molecule has 0 fully saturated rings. The van der Waals surface area contributed by atoms with Crippen LogP contribution in [0.4, 0.5) is 5.69 Å². The van der Waals surface area contributed by atoms with Gasteiger partial charge in [-0.1, -0.05) is 18.2 Å². The van der Waals surface area contributed by atoms with Gasteiger partial charge in [-0.15, -0.1) is 11.3 Å². The zero-order valence-electron chi connectivity index (χ0n) is 15.2. The first-order valence-corrected chi connectivity index (χ1v) is 10.9. The van der Waals surface area contributed by atoms with E-state index in [4.69, 9.17) is 5.73 Å². The molecular formula is C18H23N3O4S2. The molecule has 0 radical (unpaired) electrons. The van der Waals surface area contributed by atoms with Crippen molar-refractivity contribution < 1.29 is 18.0 Å². The number of sulfonamides is 1. The lowest BCUT2D eigenvalue weighted by Gasteiger charge is -2.24. The lowest BCUT2D eigenvalue weighted by molar-refractivity contribution is -0.141. The summed E-state index contributed by atoms with van der Waals surface area (Å²) in [7, 11) is -4.00. The summed E-state index contributed by atoms with van der Waals surface area (Å²) in [6.07, 6.45) is 0.0847. The lowest BCUT2D eigenvalue weighted by atomic mass is 9.97. The molecule has 7 nitrogen and oxygen atoms in total. The first-order valence-electron chi connectivity index (χ1n) is 8.51. The van der Waals surface area contributed by atoms with Gasteiger partial charge >= 0.3 is 0 Å². The van der Waals surface area contributed by atoms with E-state index < -0.39 is 27.8 Å². The minimum absolute atomic E-state index is 0.0253. The second-order valence-corrected chi connectivity index (χ2v) is 8.77. The third-order valence-corrected chi connectivity index (χ3v) is 6.85. The lowest BCUT2D eigenvalue weighted by Crippen LogP contribution is -2.46. The highest BCUT2D eigenvalue weighted by atomic mass is 32.2. The molecule has 0 saturated carbocycles. The SMILES string of the molecule is CCN(CC)C(=O)C(Cc1ccc(N)cc1)C(=O)NS(=O)(=O)c1cccs1. The van der Waals surface area contributed by atoms with Crippen LogP contribution in [0.2, 0.25) is 0 Å². The third kappa shape index (κ3) is 5.30. The topological polar surface area (TPSA) is 110 Å². The standard InChI is InChI=1S/C18H23N3O4S2/c1-3-21(4-2)18(23)15(12-13-7-9-14(19)10-8-13)17(22)20-27(24,25)16-6-5-11-26-16/h5-11,15H,3-4,12,19H2,1-2H3,(H,20,22). The second-order valence-electron chi connectivity index (χ2n) is 5.91. The molecule has 146 valence electrons. The number of anilines is 1. The molecule has 0 aliphatic carbocycles. The number of hydrogen-bond acceptors (Lipinski definition) is 6. The smallest absolute Gasteiger partial charge is 0.273 e. The summed E-state index contributed by atoms with van der Waals surface area (Å²) in [6, 6.07) is 9.78. The molecule has 0 aliphatic rings. The number of nitrogens with one attached hydrogen (secondary N) is 1. The molecule has 0 spiro atoms. The van der Waals surface area contributed by atoms with Crippen LogP contribution >= 0.6 is 11.3 Å². The predicted octanol–water partition coefficient (Wildman–Crippen LogP) is 1.86. The molecule has 1 unspecified atom stereocenters. The van der Waals surface area contributed by atoms with Crippen LogP contribution in [0.5, 0.6) is 0 Å². The normalized spacial score (nSPS) is 12.4. The van der Waals surface area contributed by atoms with E-state index in [1.807, 2.05) is 18.6 Å². The maximum absolute atomic E-state index is 12.8. The number of hydrogen-bond donors (Lipinski definition) is 2. The van der Waals surface area contributed by atoms with Crippen molar-refractivity contribution >= 4 is 38.9 Å². The van der Waals surface area contributed by atoms with Crippen LogP contribution in [0.15, 0.2) is 46.0 Å². The van der Waals surface area contributed by atoms with Crippen LogP contribution in [0.25, 0.3) is 0 Å². The minimum atomic E-state index is -4.00. The highest BCUT2D eigenvalue weighted by molar-refractivity contribution is 7.92. The Morgan fingerprint density at radius 1 is 1.15 bits per heavy atom. The fourth-order valence-corrected chi connectivity index (χ4v) is 4.62. The Balaban J connectivity index is 2.28. The van der Waals surface area contributed by atoms with Gasteiger partial charge in [0.1, 0.15) is 10.1 Å². The van der Waals surface area contributed by atoms with E-state index in [1.54, 1.807) is 35.7 Å². The van der Waals surface area contributed by atoms with Crippen LogP contribution in [-0.2, 0) is 26.0 Å². The van der Waals surface area contributed by atoms with Gasteiger partial charge in [0.2, 0.25) is 11.8 Å². The molecule has 1 atom stereocenters. The van der Waals surface area contributed by atoms with Crippen molar-refractivity contribution in [1.82, 2.24) is 9.62 Å². The van der Waals surface area contributed by atoms with Gasteiger partial charge in [0, 0.05) is 18.8 Å². The maximum Gasteiger partial charge on any atom is 0.273 e. The molecule has 2 aromatic rings. The Morgan fingerprint density at radius 2 is 1.78 bits per heavy atom. The van der Waals surface area contributed by atoms with Gasteiger partial charge < -0.3 is 10.6 Å². The molecule has 0 aliphatic heterocycles. The number of carbonyl (C=O) groups excluding carboxylic acids is 2.